The quantitative estimate of drug-likeness (QED) is 0.630. The Labute approximate surface area is 110 Å². The van der Waals surface area contributed by atoms with Gasteiger partial charge in [0, 0.05) is 19.2 Å². The summed E-state index contributed by atoms with van der Waals surface area (Å²) in [5, 5.41) is 20.3. The van der Waals surface area contributed by atoms with E-state index in [4.69, 9.17) is 0 Å². The number of nitro benzene ring substituents is 1. The first-order valence-electron chi connectivity index (χ1n) is 6.30. The first-order chi connectivity index (χ1) is 9.04. The van der Waals surface area contributed by atoms with Gasteiger partial charge in [-0.15, -0.1) is 0 Å². The van der Waals surface area contributed by atoms with Crippen molar-refractivity contribution in [3.8, 4) is 0 Å². The lowest BCUT2D eigenvalue weighted by Crippen LogP contribution is -2.28. The minimum Gasteiger partial charge on any atom is -0.478 e. The van der Waals surface area contributed by atoms with Crippen molar-refractivity contribution in [2.24, 2.45) is 5.92 Å². The van der Waals surface area contributed by atoms with E-state index in [0.29, 0.717) is 19.0 Å². The standard InChI is InChI=1S/C13H16N2O4/c1-2-14(8-9-6-7-9)12-10(13(16)17)4-3-5-11(12)15(18)19/h3-5,9H,2,6-8H2,1H3,(H,16,17). The molecule has 1 aromatic carbocycles. The Morgan fingerprint density at radius 3 is 2.68 bits per heavy atom. The van der Waals surface area contributed by atoms with E-state index < -0.39 is 10.9 Å². The van der Waals surface area contributed by atoms with Gasteiger partial charge in [0.2, 0.25) is 0 Å². The normalized spacial score (nSPS) is 14.2. The summed E-state index contributed by atoms with van der Waals surface area (Å²) in [4.78, 5) is 23.7. The molecule has 1 aliphatic rings. The maximum atomic E-state index is 11.3. The van der Waals surface area contributed by atoms with Crippen LogP contribution in [0, 0.1) is 16.0 Å². The highest BCUT2D eigenvalue weighted by Crippen LogP contribution is 2.36. The molecule has 0 heterocycles. The van der Waals surface area contributed by atoms with Crippen LogP contribution in [0.5, 0.6) is 0 Å². The fourth-order valence-corrected chi connectivity index (χ4v) is 2.17. The fourth-order valence-electron chi connectivity index (χ4n) is 2.17. The summed E-state index contributed by atoms with van der Waals surface area (Å²) in [6, 6.07) is 4.19. The number of hydrogen-bond acceptors (Lipinski definition) is 4. The Morgan fingerprint density at radius 2 is 2.21 bits per heavy atom. The Balaban J connectivity index is 2.48. The van der Waals surface area contributed by atoms with E-state index in [1.807, 2.05) is 6.92 Å². The molecule has 19 heavy (non-hydrogen) atoms. The predicted molar refractivity (Wildman–Crippen MR) is 70.7 cm³/mol. The summed E-state index contributed by atoms with van der Waals surface area (Å²) < 4.78 is 0. The molecular weight excluding hydrogens is 248 g/mol. The second kappa shape index (κ2) is 5.26. The van der Waals surface area contributed by atoms with Crippen LogP contribution in [0.2, 0.25) is 0 Å². The Bertz CT molecular complexity index is 479. The molecule has 102 valence electrons. The molecule has 6 nitrogen and oxygen atoms in total. The third kappa shape index (κ3) is 2.83. The Kier molecular flexibility index (Phi) is 3.69. The molecule has 1 saturated carbocycles. The fraction of sp³-hybridized carbons (Fsp3) is 0.462. The minimum absolute atomic E-state index is 0.00306. The molecule has 1 aromatic rings. The zero-order chi connectivity index (χ0) is 14.0. The summed E-state index contributed by atoms with van der Waals surface area (Å²) >= 11 is 0. The Morgan fingerprint density at radius 1 is 1.53 bits per heavy atom. The van der Waals surface area contributed by atoms with Crippen LogP contribution in [-0.4, -0.2) is 29.1 Å². The molecule has 6 heteroatoms. The number of nitro groups is 1. The molecule has 1 N–H and O–H groups in total. The van der Waals surface area contributed by atoms with Gasteiger partial charge in [0.25, 0.3) is 5.69 Å². The molecule has 0 unspecified atom stereocenters. The van der Waals surface area contributed by atoms with Crippen molar-refractivity contribution in [3.63, 3.8) is 0 Å². The molecule has 0 bridgehead atoms. The number of carboxylic acids is 1. The molecule has 1 fully saturated rings. The molecule has 0 saturated heterocycles. The third-order valence-corrected chi connectivity index (χ3v) is 3.32. The highest BCUT2D eigenvalue weighted by Gasteiger charge is 2.30. The minimum atomic E-state index is -1.13. The van der Waals surface area contributed by atoms with Gasteiger partial charge >= 0.3 is 5.97 Å². The van der Waals surface area contributed by atoms with Gasteiger partial charge in [0.15, 0.2) is 0 Å². The van der Waals surface area contributed by atoms with E-state index in [0.717, 1.165) is 12.8 Å². The van der Waals surface area contributed by atoms with Crippen molar-refractivity contribution in [1.82, 2.24) is 0 Å². The van der Waals surface area contributed by atoms with Crippen LogP contribution in [-0.2, 0) is 0 Å². The van der Waals surface area contributed by atoms with Gasteiger partial charge < -0.3 is 10.0 Å². The van der Waals surface area contributed by atoms with Gasteiger partial charge in [-0.3, -0.25) is 10.1 Å². The van der Waals surface area contributed by atoms with E-state index in [9.17, 15) is 20.0 Å². The monoisotopic (exact) mass is 264 g/mol. The highest BCUT2D eigenvalue weighted by atomic mass is 16.6. The van der Waals surface area contributed by atoms with Crippen molar-refractivity contribution < 1.29 is 14.8 Å². The maximum absolute atomic E-state index is 11.3. The smallest absolute Gasteiger partial charge is 0.338 e. The van der Waals surface area contributed by atoms with Crippen molar-refractivity contribution in [3.05, 3.63) is 33.9 Å². The van der Waals surface area contributed by atoms with E-state index >= 15 is 0 Å². The van der Waals surface area contributed by atoms with Crippen molar-refractivity contribution in [1.29, 1.82) is 0 Å². The van der Waals surface area contributed by atoms with Crippen LogP contribution in [0.1, 0.15) is 30.1 Å². The SMILES string of the molecule is CCN(CC1CC1)c1c(C(=O)O)cccc1[N+](=O)[O-]. The number of aromatic carboxylic acids is 1. The number of hydrogen-bond donors (Lipinski definition) is 1. The molecular formula is C13H16N2O4. The molecule has 0 aromatic heterocycles. The van der Waals surface area contributed by atoms with Gasteiger partial charge in [-0.05, 0) is 31.7 Å². The molecule has 2 rings (SSSR count). The average molecular weight is 264 g/mol. The lowest BCUT2D eigenvalue weighted by molar-refractivity contribution is -0.384. The molecule has 0 aliphatic heterocycles. The molecule has 0 spiro atoms. The number of rotatable bonds is 6. The lowest BCUT2D eigenvalue weighted by atomic mass is 10.1. The van der Waals surface area contributed by atoms with Crippen molar-refractivity contribution in [2.45, 2.75) is 19.8 Å². The number of benzene rings is 1. The largest absolute Gasteiger partial charge is 0.478 e. The number of carboxylic acid groups (broad SMARTS) is 1. The van der Waals surface area contributed by atoms with E-state index in [1.165, 1.54) is 18.2 Å². The van der Waals surface area contributed by atoms with Gasteiger partial charge in [0.1, 0.15) is 5.69 Å². The summed E-state index contributed by atoms with van der Waals surface area (Å²) in [5.41, 5.74) is 0.0912. The second-order valence-corrected chi connectivity index (χ2v) is 4.72. The Hall–Kier alpha value is -2.11. The zero-order valence-corrected chi connectivity index (χ0v) is 10.7. The van der Waals surface area contributed by atoms with Gasteiger partial charge in [-0.25, -0.2) is 4.79 Å². The maximum Gasteiger partial charge on any atom is 0.338 e. The van der Waals surface area contributed by atoms with Crippen LogP contribution in [0.4, 0.5) is 11.4 Å². The van der Waals surface area contributed by atoms with Crippen LogP contribution in [0.15, 0.2) is 18.2 Å². The van der Waals surface area contributed by atoms with Crippen LogP contribution < -0.4 is 4.90 Å². The molecule has 0 amide bonds. The lowest BCUT2D eigenvalue weighted by Gasteiger charge is -2.24. The first kappa shape index (κ1) is 13.3. The third-order valence-electron chi connectivity index (χ3n) is 3.32. The molecule has 0 atom stereocenters. The summed E-state index contributed by atoms with van der Waals surface area (Å²) in [6.07, 6.45) is 2.22. The summed E-state index contributed by atoms with van der Waals surface area (Å²) in [7, 11) is 0. The van der Waals surface area contributed by atoms with E-state index in [1.54, 1.807) is 4.90 Å². The zero-order valence-electron chi connectivity index (χ0n) is 10.7. The topological polar surface area (TPSA) is 83.7 Å². The average Bonchev–Trinajstić information content (AvgIpc) is 3.18. The van der Waals surface area contributed by atoms with E-state index in [-0.39, 0.29) is 16.9 Å². The van der Waals surface area contributed by atoms with Gasteiger partial charge in [0.05, 0.1) is 10.5 Å². The summed E-state index contributed by atoms with van der Waals surface area (Å²) in [5.74, 6) is -0.602. The van der Waals surface area contributed by atoms with Gasteiger partial charge in [-0.2, -0.15) is 0 Å². The highest BCUT2D eigenvalue weighted by molar-refractivity contribution is 5.97. The van der Waals surface area contributed by atoms with Crippen LogP contribution in [0.3, 0.4) is 0 Å². The molecule has 0 radical (unpaired) electrons. The summed E-state index contributed by atoms with van der Waals surface area (Å²) in [6.45, 7) is 3.12. The second-order valence-electron chi connectivity index (χ2n) is 4.72. The first-order valence-corrected chi connectivity index (χ1v) is 6.30. The number of nitrogens with zero attached hydrogens (tertiary/aromatic N) is 2. The van der Waals surface area contributed by atoms with Crippen molar-refractivity contribution >= 4 is 17.3 Å². The number of anilines is 1. The van der Waals surface area contributed by atoms with E-state index in [2.05, 4.69) is 0 Å². The molecule has 1 aliphatic carbocycles. The predicted octanol–water partition coefficient (Wildman–Crippen LogP) is 2.53. The van der Waals surface area contributed by atoms with Crippen LogP contribution >= 0.6 is 0 Å². The van der Waals surface area contributed by atoms with Crippen LogP contribution in [0.25, 0.3) is 0 Å². The number of carbonyl (C=O) groups is 1. The number of para-hydroxylation sites is 1. The van der Waals surface area contributed by atoms with Crippen molar-refractivity contribution in [2.75, 3.05) is 18.0 Å². The van der Waals surface area contributed by atoms with Gasteiger partial charge in [-0.1, -0.05) is 6.07 Å².